The Hall–Kier alpha value is -2.69. The van der Waals surface area contributed by atoms with Crippen molar-refractivity contribution in [3.63, 3.8) is 0 Å². The Morgan fingerprint density at radius 2 is 1.69 bits per heavy atom. The molecule has 0 unspecified atom stereocenters. The smallest absolute Gasteiger partial charge is 0.319 e. The molecule has 0 saturated carbocycles. The highest BCUT2D eigenvalue weighted by atomic mass is 16.5. The second-order valence-electron chi connectivity index (χ2n) is 7.08. The largest absolute Gasteiger partial charge is 0.493 e. The number of urea groups is 1. The SMILES string of the molecule is COc1ccc(C(C)(C)CNC(=O)Nc2ccc(C)cc2C)cc1OC. The van der Waals surface area contributed by atoms with E-state index in [0.29, 0.717) is 18.0 Å². The summed E-state index contributed by atoms with van der Waals surface area (Å²) in [4.78, 5) is 12.3. The third-order valence-electron chi connectivity index (χ3n) is 4.49. The highest BCUT2D eigenvalue weighted by molar-refractivity contribution is 5.90. The normalized spacial score (nSPS) is 11.0. The first-order valence-corrected chi connectivity index (χ1v) is 8.61. The summed E-state index contributed by atoms with van der Waals surface area (Å²) in [6, 6.07) is 11.5. The van der Waals surface area contributed by atoms with Gasteiger partial charge in [0.2, 0.25) is 0 Å². The van der Waals surface area contributed by atoms with Gasteiger partial charge in [0.1, 0.15) is 0 Å². The molecular formula is C21H28N2O3. The average molecular weight is 356 g/mol. The van der Waals surface area contributed by atoms with Gasteiger partial charge in [-0.15, -0.1) is 0 Å². The quantitative estimate of drug-likeness (QED) is 0.805. The van der Waals surface area contributed by atoms with Gasteiger partial charge in [-0.2, -0.15) is 0 Å². The lowest BCUT2D eigenvalue weighted by molar-refractivity contribution is 0.249. The lowest BCUT2D eigenvalue weighted by Gasteiger charge is -2.26. The Bertz CT molecular complexity index is 785. The van der Waals surface area contributed by atoms with Gasteiger partial charge in [0, 0.05) is 17.6 Å². The second kappa shape index (κ2) is 8.13. The lowest BCUT2D eigenvalue weighted by atomic mass is 9.84. The molecule has 0 aliphatic heterocycles. The molecule has 2 N–H and O–H groups in total. The number of methoxy groups -OCH3 is 2. The van der Waals surface area contributed by atoms with Crippen molar-refractivity contribution in [2.24, 2.45) is 0 Å². The Morgan fingerprint density at radius 3 is 2.31 bits per heavy atom. The van der Waals surface area contributed by atoms with Crippen molar-refractivity contribution in [2.75, 3.05) is 26.1 Å². The van der Waals surface area contributed by atoms with Gasteiger partial charge in [-0.1, -0.05) is 37.6 Å². The zero-order valence-electron chi connectivity index (χ0n) is 16.4. The standard InChI is InChI=1S/C21H28N2O3/c1-14-7-9-17(15(2)11-14)23-20(24)22-13-21(3,4)16-8-10-18(25-5)19(12-16)26-6/h7-12H,13H2,1-6H3,(H2,22,23,24). The van der Waals surface area contributed by atoms with Gasteiger partial charge in [0.15, 0.2) is 11.5 Å². The van der Waals surface area contributed by atoms with Crippen LogP contribution in [0.15, 0.2) is 36.4 Å². The van der Waals surface area contributed by atoms with Crippen LogP contribution in [-0.4, -0.2) is 26.8 Å². The van der Waals surface area contributed by atoms with E-state index in [4.69, 9.17) is 9.47 Å². The molecule has 0 aliphatic rings. The number of anilines is 1. The summed E-state index contributed by atoms with van der Waals surface area (Å²) >= 11 is 0. The molecule has 2 aromatic carbocycles. The molecule has 0 fully saturated rings. The molecule has 0 bridgehead atoms. The van der Waals surface area contributed by atoms with Crippen LogP contribution in [0.3, 0.4) is 0 Å². The van der Waals surface area contributed by atoms with E-state index in [1.807, 2.05) is 50.2 Å². The van der Waals surface area contributed by atoms with Crippen molar-refractivity contribution in [3.8, 4) is 11.5 Å². The fourth-order valence-electron chi connectivity index (χ4n) is 2.78. The molecule has 5 heteroatoms. The number of ether oxygens (including phenoxy) is 2. The maximum Gasteiger partial charge on any atom is 0.319 e. The summed E-state index contributed by atoms with van der Waals surface area (Å²) in [7, 11) is 3.23. The number of carbonyl (C=O) groups excluding carboxylic acids is 1. The Morgan fingerprint density at radius 1 is 1.00 bits per heavy atom. The van der Waals surface area contributed by atoms with Crippen LogP contribution in [0, 0.1) is 13.8 Å². The average Bonchev–Trinajstić information content (AvgIpc) is 2.61. The molecule has 2 aromatic rings. The van der Waals surface area contributed by atoms with Gasteiger partial charge < -0.3 is 20.1 Å². The number of nitrogens with one attached hydrogen (secondary N) is 2. The molecular weight excluding hydrogens is 328 g/mol. The van der Waals surface area contributed by atoms with E-state index in [9.17, 15) is 4.79 Å². The first-order valence-electron chi connectivity index (χ1n) is 8.61. The number of rotatable bonds is 6. The summed E-state index contributed by atoms with van der Waals surface area (Å²) in [6.45, 7) is 8.65. The van der Waals surface area contributed by atoms with Crippen LogP contribution in [0.1, 0.15) is 30.5 Å². The molecule has 0 radical (unpaired) electrons. The van der Waals surface area contributed by atoms with Gasteiger partial charge in [0.25, 0.3) is 0 Å². The third-order valence-corrected chi connectivity index (χ3v) is 4.49. The van der Waals surface area contributed by atoms with Gasteiger partial charge in [0.05, 0.1) is 14.2 Å². The van der Waals surface area contributed by atoms with E-state index in [2.05, 4.69) is 24.5 Å². The molecule has 5 nitrogen and oxygen atoms in total. The molecule has 0 saturated heterocycles. The second-order valence-corrected chi connectivity index (χ2v) is 7.08. The predicted octanol–water partition coefficient (Wildman–Crippen LogP) is 4.42. The van der Waals surface area contributed by atoms with Crippen LogP contribution in [0.25, 0.3) is 0 Å². The fraction of sp³-hybridized carbons (Fsp3) is 0.381. The summed E-state index contributed by atoms with van der Waals surface area (Å²) in [5.74, 6) is 1.37. The van der Waals surface area contributed by atoms with Crippen molar-refractivity contribution in [2.45, 2.75) is 33.1 Å². The Balaban J connectivity index is 2.04. The van der Waals surface area contributed by atoms with E-state index in [1.165, 1.54) is 5.56 Å². The van der Waals surface area contributed by atoms with Crippen LogP contribution in [-0.2, 0) is 5.41 Å². The predicted molar refractivity (Wildman–Crippen MR) is 106 cm³/mol. The number of aryl methyl sites for hydroxylation is 2. The van der Waals surface area contributed by atoms with Crippen molar-refractivity contribution in [3.05, 3.63) is 53.1 Å². The Labute approximate surface area is 155 Å². The summed E-state index contributed by atoms with van der Waals surface area (Å²) < 4.78 is 10.7. The van der Waals surface area contributed by atoms with E-state index in [0.717, 1.165) is 16.8 Å². The van der Waals surface area contributed by atoms with E-state index < -0.39 is 0 Å². The van der Waals surface area contributed by atoms with Crippen molar-refractivity contribution >= 4 is 11.7 Å². The zero-order chi connectivity index (χ0) is 19.3. The molecule has 0 aliphatic carbocycles. The van der Waals surface area contributed by atoms with Crippen molar-refractivity contribution in [1.29, 1.82) is 0 Å². The van der Waals surface area contributed by atoms with E-state index in [1.54, 1.807) is 14.2 Å². The highest BCUT2D eigenvalue weighted by Crippen LogP contribution is 2.32. The minimum absolute atomic E-state index is 0.217. The van der Waals surface area contributed by atoms with Crippen LogP contribution >= 0.6 is 0 Å². The first kappa shape index (κ1) is 19.6. The van der Waals surface area contributed by atoms with Crippen LogP contribution < -0.4 is 20.1 Å². The summed E-state index contributed by atoms with van der Waals surface area (Å²) in [5, 5.41) is 5.86. The minimum Gasteiger partial charge on any atom is -0.493 e. The molecule has 140 valence electrons. The van der Waals surface area contributed by atoms with Crippen LogP contribution in [0.4, 0.5) is 10.5 Å². The Kier molecular flexibility index (Phi) is 6.14. The van der Waals surface area contributed by atoms with Crippen LogP contribution in [0.5, 0.6) is 11.5 Å². The third kappa shape index (κ3) is 4.69. The monoisotopic (exact) mass is 356 g/mol. The van der Waals surface area contributed by atoms with Gasteiger partial charge in [-0.3, -0.25) is 0 Å². The van der Waals surface area contributed by atoms with Crippen molar-refractivity contribution < 1.29 is 14.3 Å². The number of hydrogen-bond acceptors (Lipinski definition) is 3. The molecule has 26 heavy (non-hydrogen) atoms. The van der Waals surface area contributed by atoms with Gasteiger partial charge >= 0.3 is 6.03 Å². The van der Waals surface area contributed by atoms with Crippen LogP contribution in [0.2, 0.25) is 0 Å². The summed E-state index contributed by atoms with van der Waals surface area (Å²) in [6.07, 6.45) is 0. The number of carbonyl (C=O) groups is 1. The minimum atomic E-state index is -0.265. The topological polar surface area (TPSA) is 59.6 Å². The molecule has 2 rings (SSSR count). The highest BCUT2D eigenvalue weighted by Gasteiger charge is 2.23. The maximum absolute atomic E-state index is 12.3. The van der Waals surface area contributed by atoms with Gasteiger partial charge in [-0.25, -0.2) is 4.79 Å². The van der Waals surface area contributed by atoms with Crippen molar-refractivity contribution in [1.82, 2.24) is 5.32 Å². The zero-order valence-corrected chi connectivity index (χ0v) is 16.4. The molecule has 0 aromatic heterocycles. The molecule has 0 atom stereocenters. The molecule has 2 amide bonds. The number of benzene rings is 2. The number of amides is 2. The summed E-state index contributed by atoms with van der Waals surface area (Å²) in [5.41, 5.74) is 3.82. The fourth-order valence-corrected chi connectivity index (χ4v) is 2.78. The van der Waals surface area contributed by atoms with Gasteiger partial charge in [-0.05, 0) is 43.2 Å². The first-order chi connectivity index (χ1) is 12.3. The van der Waals surface area contributed by atoms with E-state index >= 15 is 0 Å². The lowest BCUT2D eigenvalue weighted by Crippen LogP contribution is -2.39. The van der Waals surface area contributed by atoms with E-state index in [-0.39, 0.29) is 11.4 Å². The number of hydrogen-bond donors (Lipinski definition) is 2. The molecule has 0 spiro atoms. The maximum atomic E-state index is 12.3. The molecule has 0 heterocycles.